The third kappa shape index (κ3) is 2.44. The fraction of sp³-hybridized carbons (Fsp3) is 0.167. The number of amides is 1. The predicted octanol–water partition coefficient (Wildman–Crippen LogP) is 0.250. The van der Waals surface area contributed by atoms with Crippen LogP contribution in [0.1, 0.15) is 20.8 Å². The average Bonchev–Trinajstić information content (AvgIpc) is 2.86. The van der Waals surface area contributed by atoms with Crippen LogP contribution in [0.5, 0.6) is 0 Å². The smallest absolute Gasteiger partial charge is 0.337 e. The van der Waals surface area contributed by atoms with Gasteiger partial charge in [-0.15, -0.1) is 0 Å². The first-order chi connectivity index (χ1) is 9.40. The molecule has 0 fully saturated rings. The quantitative estimate of drug-likeness (QED) is 0.829. The normalized spacial score (nSPS) is 10.3. The average molecular weight is 275 g/mol. The van der Waals surface area contributed by atoms with Gasteiger partial charge in [-0.25, -0.2) is 14.5 Å². The van der Waals surface area contributed by atoms with E-state index in [1.165, 1.54) is 34.1 Å². The molecule has 2 heterocycles. The van der Waals surface area contributed by atoms with E-state index in [-0.39, 0.29) is 28.7 Å². The van der Waals surface area contributed by atoms with Crippen molar-refractivity contribution in [3.63, 3.8) is 0 Å². The number of carboxylic acids is 1. The van der Waals surface area contributed by atoms with E-state index in [1.54, 1.807) is 14.1 Å². The van der Waals surface area contributed by atoms with E-state index in [1.807, 2.05) is 0 Å². The van der Waals surface area contributed by atoms with Gasteiger partial charge in [0, 0.05) is 26.5 Å². The van der Waals surface area contributed by atoms with Crippen molar-refractivity contribution >= 4 is 17.6 Å². The van der Waals surface area contributed by atoms with Crippen molar-refractivity contribution in [3.8, 4) is 5.82 Å². The van der Waals surface area contributed by atoms with Gasteiger partial charge in [-0.05, 0) is 12.1 Å². The van der Waals surface area contributed by atoms with E-state index in [9.17, 15) is 9.59 Å². The van der Waals surface area contributed by atoms with Crippen LogP contribution in [0.25, 0.3) is 5.82 Å². The number of aromatic nitrogens is 3. The summed E-state index contributed by atoms with van der Waals surface area (Å²) in [5.41, 5.74) is 6.16. The first-order valence-corrected chi connectivity index (χ1v) is 5.66. The molecule has 8 nitrogen and oxygen atoms in total. The predicted molar refractivity (Wildman–Crippen MR) is 70.7 cm³/mol. The number of anilines is 1. The molecule has 104 valence electrons. The molecule has 20 heavy (non-hydrogen) atoms. The fourth-order valence-electron chi connectivity index (χ4n) is 1.57. The number of nitrogens with two attached hydrogens (primary N) is 1. The van der Waals surface area contributed by atoms with Gasteiger partial charge in [0.2, 0.25) is 0 Å². The largest absolute Gasteiger partial charge is 0.478 e. The van der Waals surface area contributed by atoms with Crippen LogP contribution in [-0.2, 0) is 0 Å². The molecule has 2 rings (SSSR count). The summed E-state index contributed by atoms with van der Waals surface area (Å²) in [6.45, 7) is 0. The Balaban J connectivity index is 2.38. The molecule has 0 aliphatic carbocycles. The van der Waals surface area contributed by atoms with Gasteiger partial charge in [0.1, 0.15) is 0 Å². The highest BCUT2D eigenvalue weighted by atomic mass is 16.4. The maximum absolute atomic E-state index is 11.7. The standard InChI is InChI=1S/C12H13N5O3/c1-16(2)11(18)9-3-4-17(15-9)10-8(13)5-7(6-14-10)12(19)20/h3-6H,13H2,1-2H3,(H,19,20). The molecule has 0 aliphatic heterocycles. The van der Waals surface area contributed by atoms with Crippen LogP contribution in [0.15, 0.2) is 24.5 Å². The lowest BCUT2D eigenvalue weighted by Crippen LogP contribution is -2.22. The zero-order valence-corrected chi connectivity index (χ0v) is 10.9. The second-order valence-corrected chi connectivity index (χ2v) is 4.29. The number of pyridine rings is 1. The Labute approximate surface area is 114 Å². The summed E-state index contributed by atoms with van der Waals surface area (Å²) in [6, 6.07) is 2.83. The Kier molecular flexibility index (Phi) is 3.38. The number of aromatic carboxylic acids is 1. The number of carbonyl (C=O) groups excluding carboxylic acids is 1. The van der Waals surface area contributed by atoms with Crippen molar-refractivity contribution in [1.82, 2.24) is 19.7 Å². The minimum Gasteiger partial charge on any atom is -0.478 e. The number of hydrogen-bond donors (Lipinski definition) is 2. The molecule has 2 aromatic heterocycles. The summed E-state index contributed by atoms with van der Waals surface area (Å²) >= 11 is 0. The summed E-state index contributed by atoms with van der Waals surface area (Å²) in [4.78, 5) is 27.9. The van der Waals surface area contributed by atoms with Crippen LogP contribution in [-0.4, -0.2) is 50.7 Å². The zero-order valence-electron chi connectivity index (χ0n) is 10.9. The van der Waals surface area contributed by atoms with Gasteiger partial charge in [0.25, 0.3) is 5.91 Å². The highest BCUT2D eigenvalue weighted by Crippen LogP contribution is 2.15. The minimum atomic E-state index is -1.11. The molecule has 8 heteroatoms. The van der Waals surface area contributed by atoms with Gasteiger partial charge < -0.3 is 15.7 Å². The Morgan fingerprint density at radius 3 is 2.65 bits per heavy atom. The van der Waals surface area contributed by atoms with Crippen molar-refractivity contribution in [1.29, 1.82) is 0 Å². The van der Waals surface area contributed by atoms with E-state index in [2.05, 4.69) is 10.1 Å². The van der Waals surface area contributed by atoms with Crippen molar-refractivity contribution in [2.24, 2.45) is 0 Å². The number of hydrogen-bond acceptors (Lipinski definition) is 5. The minimum absolute atomic E-state index is 0.0111. The number of rotatable bonds is 3. The Morgan fingerprint density at radius 1 is 1.40 bits per heavy atom. The van der Waals surface area contributed by atoms with Crippen molar-refractivity contribution in [2.75, 3.05) is 19.8 Å². The topological polar surface area (TPSA) is 114 Å². The molecule has 0 unspecified atom stereocenters. The van der Waals surface area contributed by atoms with E-state index in [4.69, 9.17) is 10.8 Å². The maximum Gasteiger partial charge on any atom is 0.337 e. The summed E-state index contributed by atoms with van der Waals surface area (Å²) < 4.78 is 1.33. The van der Waals surface area contributed by atoms with Gasteiger partial charge in [-0.2, -0.15) is 5.10 Å². The molecule has 0 aromatic carbocycles. The SMILES string of the molecule is CN(C)C(=O)c1ccn(-c2ncc(C(=O)O)cc2N)n1. The van der Waals surface area contributed by atoms with Crippen molar-refractivity contribution < 1.29 is 14.7 Å². The van der Waals surface area contributed by atoms with E-state index in [0.717, 1.165) is 0 Å². The summed E-state index contributed by atoms with van der Waals surface area (Å²) in [6.07, 6.45) is 2.72. The lowest BCUT2D eigenvalue weighted by Gasteiger charge is -2.07. The van der Waals surface area contributed by atoms with Crippen LogP contribution in [0.4, 0.5) is 5.69 Å². The second kappa shape index (κ2) is 5.00. The third-order valence-electron chi connectivity index (χ3n) is 2.57. The zero-order chi connectivity index (χ0) is 14.9. The summed E-state index contributed by atoms with van der Waals surface area (Å²) in [7, 11) is 3.24. The number of nitrogen functional groups attached to an aromatic ring is 1. The van der Waals surface area contributed by atoms with Gasteiger partial charge in [-0.3, -0.25) is 4.79 Å². The van der Waals surface area contributed by atoms with Crippen LogP contribution in [0.2, 0.25) is 0 Å². The molecule has 0 spiro atoms. The van der Waals surface area contributed by atoms with Crippen molar-refractivity contribution in [3.05, 3.63) is 35.8 Å². The molecule has 0 radical (unpaired) electrons. The molecule has 0 atom stereocenters. The third-order valence-corrected chi connectivity index (χ3v) is 2.57. The molecule has 0 bridgehead atoms. The first-order valence-electron chi connectivity index (χ1n) is 5.66. The maximum atomic E-state index is 11.7. The van der Waals surface area contributed by atoms with Gasteiger partial charge in [0.15, 0.2) is 11.5 Å². The Bertz CT molecular complexity index is 677. The highest BCUT2D eigenvalue weighted by Gasteiger charge is 2.14. The van der Waals surface area contributed by atoms with Crippen LogP contribution in [0.3, 0.4) is 0 Å². The number of carboxylic acid groups (broad SMARTS) is 1. The molecular weight excluding hydrogens is 262 g/mol. The Morgan fingerprint density at radius 2 is 2.10 bits per heavy atom. The number of carbonyl (C=O) groups is 2. The molecule has 2 aromatic rings. The molecule has 0 saturated heterocycles. The molecule has 0 aliphatic rings. The van der Waals surface area contributed by atoms with Gasteiger partial charge >= 0.3 is 5.97 Å². The molecular formula is C12H13N5O3. The van der Waals surface area contributed by atoms with Gasteiger partial charge in [-0.1, -0.05) is 0 Å². The van der Waals surface area contributed by atoms with Crippen LogP contribution >= 0.6 is 0 Å². The van der Waals surface area contributed by atoms with Crippen LogP contribution in [0, 0.1) is 0 Å². The monoisotopic (exact) mass is 275 g/mol. The highest BCUT2D eigenvalue weighted by molar-refractivity contribution is 5.92. The van der Waals surface area contributed by atoms with Crippen LogP contribution < -0.4 is 5.73 Å². The fourth-order valence-corrected chi connectivity index (χ4v) is 1.57. The first kappa shape index (κ1) is 13.5. The summed E-state index contributed by atoms with van der Waals surface area (Å²) in [5, 5.41) is 12.9. The lowest BCUT2D eigenvalue weighted by molar-refractivity contribution is 0.0696. The molecule has 0 saturated carbocycles. The van der Waals surface area contributed by atoms with E-state index in [0.29, 0.717) is 0 Å². The second-order valence-electron chi connectivity index (χ2n) is 4.29. The van der Waals surface area contributed by atoms with Crippen molar-refractivity contribution in [2.45, 2.75) is 0 Å². The van der Waals surface area contributed by atoms with Gasteiger partial charge in [0.05, 0.1) is 11.3 Å². The summed E-state index contributed by atoms with van der Waals surface area (Å²) in [5.74, 6) is -1.09. The number of nitrogens with zero attached hydrogens (tertiary/aromatic N) is 4. The molecule has 1 amide bonds. The lowest BCUT2D eigenvalue weighted by atomic mass is 10.2. The van der Waals surface area contributed by atoms with E-state index < -0.39 is 5.97 Å². The Hall–Kier alpha value is -2.90. The van der Waals surface area contributed by atoms with E-state index >= 15 is 0 Å². The molecule has 3 N–H and O–H groups in total.